The van der Waals surface area contributed by atoms with E-state index in [0.29, 0.717) is 6.04 Å². The molecule has 0 aromatic heterocycles. The standard InChI is InChI=1S/C4H12N3OPS/c1-7(10)9(5,8)6-4-2-3-4/h4,10H,2-3H2,1H3,(H3,5,6,8). The van der Waals surface area contributed by atoms with Crippen molar-refractivity contribution in [2.45, 2.75) is 18.9 Å². The van der Waals surface area contributed by atoms with Gasteiger partial charge < -0.3 is 0 Å². The van der Waals surface area contributed by atoms with E-state index in [1.165, 1.54) is 4.08 Å². The summed E-state index contributed by atoms with van der Waals surface area (Å²) < 4.78 is 12.5. The monoisotopic (exact) mass is 181 g/mol. The van der Waals surface area contributed by atoms with Gasteiger partial charge in [-0.05, 0) is 12.8 Å². The van der Waals surface area contributed by atoms with E-state index in [4.69, 9.17) is 5.50 Å². The molecule has 1 atom stereocenters. The summed E-state index contributed by atoms with van der Waals surface area (Å²) >= 11 is 3.86. The lowest BCUT2D eigenvalue weighted by Gasteiger charge is -2.18. The zero-order chi connectivity index (χ0) is 7.78. The second-order valence-corrected chi connectivity index (χ2v) is 5.54. The van der Waals surface area contributed by atoms with E-state index in [1.807, 2.05) is 0 Å². The van der Waals surface area contributed by atoms with Crippen LogP contribution in [0.1, 0.15) is 12.8 Å². The van der Waals surface area contributed by atoms with Gasteiger partial charge in [0.15, 0.2) is 0 Å². The lowest BCUT2D eigenvalue weighted by atomic mass is 10.8. The lowest BCUT2D eigenvalue weighted by Crippen LogP contribution is -2.25. The Morgan fingerprint density at radius 1 is 1.80 bits per heavy atom. The van der Waals surface area contributed by atoms with Gasteiger partial charge >= 0.3 is 0 Å². The van der Waals surface area contributed by atoms with Crippen LogP contribution in [0.5, 0.6) is 0 Å². The van der Waals surface area contributed by atoms with Crippen molar-refractivity contribution in [2.24, 2.45) is 5.50 Å². The summed E-state index contributed by atoms with van der Waals surface area (Å²) in [6.45, 7) is 0. The molecule has 0 aromatic rings. The summed E-state index contributed by atoms with van der Waals surface area (Å²) in [6.07, 6.45) is 2.14. The fourth-order valence-corrected chi connectivity index (χ4v) is 1.66. The zero-order valence-electron chi connectivity index (χ0n) is 5.82. The van der Waals surface area contributed by atoms with E-state index in [0.717, 1.165) is 12.8 Å². The molecule has 4 nitrogen and oxygen atoms in total. The van der Waals surface area contributed by atoms with Crippen molar-refractivity contribution in [3.63, 3.8) is 0 Å². The molecule has 10 heavy (non-hydrogen) atoms. The molecule has 0 aromatic carbocycles. The number of thiol groups is 1. The Bertz CT molecular complexity index is 170. The zero-order valence-corrected chi connectivity index (χ0v) is 7.61. The van der Waals surface area contributed by atoms with Crippen LogP contribution in [-0.2, 0) is 4.57 Å². The predicted molar refractivity (Wildman–Crippen MR) is 44.7 cm³/mol. The lowest BCUT2D eigenvalue weighted by molar-refractivity contribution is 0.539. The molecule has 0 heterocycles. The number of nitrogens with zero attached hydrogens (tertiary/aromatic N) is 1. The van der Waals surface area contributed by atoms with Gasteiger partial charge in [-0.25, -0.2) is 5.09 Å². The van der Waals surface area contributed by atoms with Crippen LogP contribution >= 0.6 is 20.4 Å². The summed E-state index contributed by atoms with van der Waals surface area (Å²) in [6, 6.07) is 0.352. The molecule has 1 rings (SSSR count). The van der Waals surface area contributed by atoms with Crippen molar-refractivity contribution >= 4 is 20.4 Å². The summed E-state index contributed by atoms with van der Waals surface area (Å²) in [5, 5.41) is 2.81. The molecule has 1 aliphatic carbocycles. The van der Waals surface area contributed by atoms with Crippen LogP contribution in [0.2, 0.25) is 0 Å². The highest BCUT2D eigenvalue weighted by Gasteiger charge is 2.30. The minimum Gasteiger partial charge on any atom is -0.270 e. The Kier molecular flexibility index (Phi) is 2.42. The van der Waals surface area contributed by atoms with E-state index in [-0.39, 0.29) is 0 Å². The highest BCUT2D eigenvalue weighted by Crippen LogP contribution is 2.40. The fraction of sp³-hybridized carbons (Fsp3) is 1.00. The van der Waals surface area contributed by atoms with Crippen molar-refractivity contribution < 1.29 is 4.57 Å². The summed E-state index contributed by atoms with van der Waals surface area (Å²) in [5.41, 5.74) is 5.39. The van der Waals surface area contributed by atoms with Crippen LogP contribution in [0.25, 0.3) is 0 Å². The van der Waals surface area contributed by atoms with Crippen LogP contribution in [0.4, 0.5) is 0 Å². The first-order chi connectivity index (χ1) is 4.52. The highest BCUT2D eigenvalue weighted by atomic mass is 32.1. The first-order valence-corrected chi connectivity index (χ1v) is 5.25. The maximum Gasteiger partial charge on any atom is 0.288 e. The minimum absolute atomic E-state index is 0.352. The van der Waals surface area contributed by atoms with Crippen LogP contribution in [-0.4, -0.2) is 17.2 Å². The number of hydrogen-bond donors (Lipinski definition) is 3. The molecule has 0 radical (unpaired) electrons. The van der Waals surface area contributed by atoms with Gasteiger partial charge in [0.05, 0.1) is 0 Å². The molecule has 1 aliphatic rings. The topological polar surface area (TPSA) is 58.4 Å². The van der Waals surface area contributed by atoms with E-state index in [1.54, 1.807) is 7.05 Å². The molecule has 0 aliphatic heterocycles. The van der Waals surface area contributed by atoms with Gasteiger partial charge in [0.2, 0.25) is 0 Å². The van der Waals surface area contributed by atoms with Crippen LogP contribution < -0.4 is 10.6 Å². The van der Waals surface area contributed by atoms with Gasteiger partial charge in [-0.2, -0.15) is 4.08 Å². The normalized spacial score (nSPS) is 24.8. The molecule has 1 saturated carbocycles. The molecule has 60 valence electrons. The number of nitrogens with one attached hydrogen (secondary N) is 1. The first kappa shape index (κ1) is 8.56. The maximum absolute atomic E-state index is 11.3. The average Bonchev–Trinajstić information content (AvgIpc) is 2.48. The number of hydrogen-bond acceptors (Lipinski definition) is 2. The van der Waals surface area contributed by atoms with Crippen LogP contribution in [0.3, 0.4) is 0 Å². The van der Waals surface area contributed by atoms with E-state index in [9.17, 15) is 4.57 Å². The van der Waals surface area contributed by atoms with Gasteiger partial charge in [-0.3, -0.25) is 10.1 Å². The molecule has 0 bridgehead atoms. The van der Waals surface area contributed by atoms with E-state index in [2.05, 4.69) is 17.9 Å². The van der Waals surface area contributed by atoms with Gasteiger partial charge in [-0.1, -0.05) is 12.8 Å². The smallest absolute Gasteiger partial charge is 0.270 e. The Balaban J connectivity index is 2.41. The van der Waals surface area contributed by atoms with E-state index >= 15 is 0 Å². The second-order valence-electron chi connectivity index (χ2n) is 2.52. The molecule has 6 heteroatoms. The quantitative estimate of drug-likeness (QED) is 0.440. The highest BCUT2D eigenvalue weighted by molar-refractivity contribution is 7.85. The van der Waals surface area contributed by atoms with Gasteiger partial charge in [0, 0.05) is 13.1 Å². The Labute approximate surface area is 66.2 Å². The van der Waals surface area contributed by atoms with Gasteiger partial charge in [0.25, 0.3) is 7.59 Å². The third kappa shape index (κ3) is 2.25. The van der Waals surface area contributed by atoms with Gasteiger partial charge in [-0.15, -0.1) is 0 Å². The van der Waals surface area contributed by atoms with Crippen molar-refractivity contribution in [3.05, 3.63) is 0 Å². The third-order valence-electron chi connectivity index (χ3n) is 1.37. The minimum atomic E-state index is -2.81. The Morgan fingerprint density at radius 2 is 2.30 bits per heavy atom. The van der Waals surface area contributed by atoms with Gasteiger partial charge in [0.1, 0.15) is 0 Å². The van der Waals surface area contributed by atoms with Crippen molar-refractivity contribution in [2.75, 3.05) is 7.05 Å². The molecule has 3 N–H and O–H groups in total. The van der Waals surface area contributed by atoms with Crippen molar-refractivity contribution in [1.82, 2.24) is 9.16 Å². The third-order valence-corrected chi connectivity index (χ3v) is 3.77. The SMILES string of the molecule is CN(S)P(N)(=O)NC1CC1. The molecule has 0 spiro atoms. The summed E-state index contributed by atoms with van der Waals surface area (Å²) in [7, 11) is -1.23. The molecule has 0 amide bonds. The van der Waals surface area contributed by atoms with Crippen molar-refractivity contribution in [3.8, 4) is 0 Å². The maximum atomic E-state index is 11.3. The van der Waals surface area contributed by atoms with E-state index < -0.39 is 7.59 Å². The Morgan fingerprint density at radius 3 is 2.60 bits per heavy atom. The summed E-state index contributed by atoms with van der Waals surface area (Å²) in [5.74, 6) is 0. The number of rotatable bonds is 3. The van der Waals surface area contributed by atoms with Crippen LogP contribution in [0, 0.1) is 0 Å². The average molecular weight is 181 g/mol. The summed E-state index contributed by atoms with van der Waals surface area (Å²) in [4.78, 5) is 0. The first-order valence-electron chi connectivity index (χ1n) is 3.12. The number of nitrogens with two attached hydrogens (primary N) is 1. The molecular weight excluding hydrogens is 169 g/mol. The predicted octanol–water partition coefficient (Wildman–Crippen LogP) is 0.582. The molecule has 1 fully saturated rings. The Hall–Kier alpha value is 0.460. The second kappa shape index (κ2) is 2.83. The fourth-order valence-electron chi connectivity index (χ4n) is 0.558. The molecule has 1 unspecified atom stereocenters. The van der Waals surface area contributed by atoms with Crippen LogP contribution in [0.15, 0.2) is 0 Å². The molecular formula is C4H12N3OPS. The largest absolute Gasteiger partial charge is 0.288 e. The van der Waals surface area contributed by atoms with Crippen molar-refractivity contribution in [1.29, 1.82) is 0 Å². The molecule has 0 saturated heterocycles.